The maximum Gasteiger partial charge on any atom is 0.160 e. The van der Waals surface area contributed by atoms with E-state index in [1.54, 1.807) is 0 Å². The van der Waals surface area contributed by atoms with Crippen molar-refractivity contribution in [3.8, 4) is 51.0 Å². The predicted molar refractivity (Wildman–Crippen MR) is 296 cm³/mol. The van der Waals surface area contributed by atoms with Crippen LogP contribution in [0, 0.1) is 0 Å². The molecule has 0 aliphatic rings. The Bertz CT molecular complexity index is 4260. The van der Waals surface area contributed by atoms with E-state index in [2.05, 4.69) is 262 Å². The van der Waals surface area contributed by atoms with Crippen LogP contribution in [0.5, 0.6) is 0 Å². The van der Waals surface area contributed by atoms with Gasteiger partial charge in [0.25, 0.3) is 0 Å². The number of aromatic nitrogens is 5. The highest BCUT2D eigenvalue weighted by Crippen LogP contribution is 2.41. The van der Waals surface area contributed by atoms with E-state index in [1.165, 1.54) is 65.2 Å². The zero-order valence-electron chi connectivity index (χ0n) is 38.4. The van der Waals surface area contributed by atoms with Crippen LogP contribution < -0.4 is 0 Å². The smallest absolute Gasteiger partial charge is 0.160 e. The van der Waals surface area contributed by atoms with Crippen molar-refractivity contribution >= 4 is 87.0 Å². The maximum atomic E-state index is 5.35. The van der Waals surface area contributed by atoms with Gasteiger partial charge in [0.05, 0.1) is 44.5 Å². The van der Waals surface area contributed by atoms with Gasteiger partial charge in [-0.2, -0.15) is 0 Å². The monoisotopic (exact) mass is 903 g/mol. The summed E-state index contributed by atoms with van der Waals surface area (Å²) in [5, 5.41) is 12.0. The molecule has 5 heteroatoms. The van der Waals surface area contributed by atoms with Crippen molar-refractivity contribution in [3.05, 3.63) is 249 Å². The minimum atomic E-state index is 0.679. The Hall–Kier alpha value is -9.58. The lowest BCUT2D eigenvalue weighted by Crippen LogP contribution is -1.98. The molecule has 4 aromatic heterocycles. The van der Waals surface area contributed by atoms with Gasteiger partial charge in [0, 0.05) is 66.1 Å². The minimum absolute atomic E-state index is 0.679. The quantitative estimate of drug-likeness (QED) is 0.167. The van der Waals surface area contributed by atoms with Crippen LogP contribution in [0.25, 0.3) is 138 Å². The van der Waals surface area contributed by atoms with Crippen LogP contribution in [0.3, 0.4) is 0 Å². The summed E-state index contributed by atoms with van der Waals surface area (Å²) in [6.07, 6.45) is 0. The Morgan fingerprint density at radius 3 is 1.01 bits per heavy atom. The summed E-state index contributed by atoms with van der Waals surface area (Å²) in [5.74, 6) is 0.679. The molecule has 5 nitrogen and oxygen atoms in total. The number of nitrogens with zero attached hydrogens (tertiary/aromatic N) is 5. The van der Waals surface area contributed by atoms with E-state index in [-0.39, 0.29) is 0 Å². The van der Waals surface area contributed by atoms with Crippen molar-refractivity contribution in [1.29, 1.82) is 0 Å². The molecule has 0 unspecified atom stereocenters. The molecule has 0 N–H and O–H groups in total. The second-order valence-corrected chi connectivity index (χ2v) is 18.5. The molecule has 0 radical (unpaired) electrons. The van der Waals surface area contributed by atoms with Gasteiger partial charge in [-0.1, -0.05) is 158 Å². The maximum absolute atomic E-state index is 5.35. The lowest BCUT2D eigenvalue weighted by molar-refractivity contribution is 1.15. The first kappa shape index (κ1) is 39.4. The average molecular weight is 904 g/mol. The average Bonchev–Trinajstić information content (AvgIpc) is 4.08. The summed E-state index contributed by atoms with van der Waals surface area (Å²) in [7, 11) is 0. The van der Waals surface area contributed by atoms with Crippen molar-refractivity contribution in [3.63, 3.8) is 0 Å². The standard InChI is InChI=1S/C66H41N5/c1-3-19-48-42(15-1)17-13-25-50(48)58-41-59(51-26-14-18-43-16-2-4-20-49(43)51)68-66(67-58)44-31-33-45(34-32-44)69-64-37-35-46(70-60-27-9-5-21-52(60)53-22-6-10-28-61(53)70)39-56(64)57-40-47(36-38-65(57)69)71-62-29-11-7-23-54(62)55-24-8-12-30-63(55)71/h1-41H. The van der Waals surface area contributed by atoms with E-state index >= 15 is 0 Å². The number of fused-ring (bicyclic) bond motifs is 11. The van der Waals surface area contributed by atoms with Crippen molar-refractivity contribution in [2.24, 2.45) is 0 Å². The van der Waals surface area contributed by atoms with Crippen LogP contribution in [-0.2, 0) is 0 Å². The molecule has 0 fully saturated rings. The number of benzene rings is 11. The van der Waals surface area contributed by atoms with Crippen LogP contribution in [0.2, 0.25) is 0 Å². The molecule has 0 saturated heterocycles. The number of rotatable bonds is 6. The Morgan fingerprint density at radius 1 is 0.239 bits per heavy atom. The zero-order valence-corrected chi connectivity index (χ0v) is 38.4. The molecule has 15 rings (SSSR count). The molecule has 15 aromatic rings. The van der Waals surface area contributed by atoms with Gasteiger partial charge in [-0.15, -0.1) is 0 Å². The van der Waals surface area contributed by atoms with Crippen LogP contribution >= 0.6 is 0 Å². The number of para-hydroxylation sites is 4. The summed E-state index contributed by atoms with van der Waals surface area (Å²) < 4.78 is 7.24. The van der Waals surface area contributed by atoms with Crippen LogP contribution in [-0.4, -0.2) is 23.7 Å². The first-order valence-corrected chi connectivity index (χ1v) is 24.2. The zero-order chi connectivity index (χ0) is 46.6. The van der Waals surface area contributed by atoms with Crippen LogP contribution in [0.4, 0.5) is 0 Å². The molecular formula is C66H41N5. The van der Waals surface area contributed by atoms with Gasteiger partial charge in [0.2, 0.25) is 0 Å². The highest BCUT2D eigenvalue weighted by molar-refractivity contribution is 6.14. The summed E-state index contributed by atoms with van der Waals surface area (Å²) in [5.41, 5.74) is 15.2. The fourth-order valence-electron chi connectivity index (χ4n) is 11.5. The molecular weight excluding hydrogens is 863 g/mol. The molecule has 0 aliphatic carbocycles. The molecule has 71 heavy (non-hydrogen) atoms. The Morgan fingerprint density at radius 2 is 0.577 bits per heavy atom. The molecule has 330 valence electrons. The second-order valence-electron chi connectivity index (χ2n) is 18.5. The lowest BCUT2D eigenvalue weighted by atomic mass is 9.98. The molecule has 4 heterocycles. The van der Waals surface area contributed by atoms with Gasteiger partial charge in [-0.05, 0) is 113 Å². The normalized spacial score (nSPS) is 11.9. The molecule has 0 amide bonds. The third-order valence-corrected chi connectivity index (χ3v) is 14.6. The van der Waals surface area contributed by atoms with Crippen molar-refractivity contribution < 1.29 is 0 Å². The predicted octanol–water partition coefficient (Wildman–Crippen LogP) is 17.1. The van der Waals surface area contributed by atoms with Gasteiger partial charge in [0.15, 0.2) is 5.82 Å². The minimum Gasteiger partial charge on any atom is -0.309 e. The molecule has 11 aromatic carbocycles. The third-order valence-electron chi connectivity index (χ3n) is 14.6. The molecule has 0 atom stereocenters. The van der Waals surface area contributed by atoms with Crippen LogP contribution in [0.15, 0.2) is 249 Å². The molecule has 0 saturated carbocycles. The van der Waals surface area contributed by atoms with E-state index in [4.69, 9.17) is 9.97 Å². The first-order valence-electron chi connectivity index (χ1n) is 24.2. The molecule has 0 spiro atoms. The van der Waals surface area contributed by atoms with E-state index < -0.39 is 0 Å². The summed E-state index contributed by atoms with van der Waals surface area (Å²) >= 11 is 0. The van der Waals surface area contributed by atoms with Gasteiger partial charge in [-0.3, -0.25) is 0 Å². The number of hydrogen-bond donors (Lipinski definition) is 0. The fraction of sp³-hybridized carbons (Fsp3) is 0. The topological polar surface area (TPSA) is 40.6 Å². The largest absolute Gasteiger partial charge is 0.309 e. The van der Waals surface area contributed by atoms with Crippen LogP contribution in [0.1, 0.15) is 0 Å². The van der Waals surface area contributed by atoms with Crippen molar-refractivity contribution in [2.75, 3.05) is 0 Å². The SMILES string of the molecule is c1ccc2c(-c3cc(-c4cccc5ccccc45)nc(-c4ccc(-n5c6ccc(-n7c8ccccc8c8ccccc87)cc6c6cc(-n7c8ccccc8c8ccccc87)ccc65)cc4)n3)cccc2c1. The molecule has 0 bridgehead atoms. The van der Waals surface area contributed by atoms with E-state index in [0.717, 1.165) is 66.9 Å². The highest BCUT2D eigenvalue weighted by Gasteiger charge is 2.20. The van der Waals surface area contributed by atoms with Gasteiger partial charge < -0.3 is 13.7 Å². The van der Waals surface area contributed by atoms with Crippen molar-refractivity contribution in [2.45, 2.75) is 0 Å². The summed E-state index contributed by atoms with van der Waals surface area (Å²) in [4.78, 5) is 10.7. The van der Waals surface area contributed by atoms with Gasteiger partial charge in [-0.25, -0.2) is 9.97 Å². The Balaban J connectivity index is 0.933. The Kier molecular flexibility index (Phi) is 8.59. The lowest BCUT2D eigenvalue weighted by Gasteiger charge is -2.13. The van der Waals surface area contributed by atoms with Crippen molar-refractivity contribution in [1.82, 2.24) is 23.7 Å². The third kappa shape index (κ3) is 6.06. The summed E-state index contributed by atoms with van der Waals surface area (Å²) in [6, 6.07) is 89.8. The first-order chi connectivity index (χ1) is 35.2. The Labute approximate surface area is 408 Å². The van der Waals surface area contributed by atoms with E-state index in [9.17, 15) is 0 Å². The van der Waals surface area contributed by atoms with Gasteiger partial charge in [0.1, 0.15) is 0 Å². The second kappa shape index (κ2) is 15.5. The summed E-state index contributed by atoms with van der Waals surface area (Å²) in [6.45, 7) is 0. The fourth-order valence-corrected chi connectivity index (χ4v) is 11.5. The number of hydrogen-bond acceptors (Lipinski definition) is 2. The van der Waals surface area contributed by atoms with Gasteiger partial charge >= 0.3 is 0 Å². The molecule has 0 aliphatic heterocycles. The highest BCUT2D eigenvalue weighted by atomic mass is 15.0. The van der Waals surface area contributed by atoms with E-state index in [0.29, 0.717) is 5.82 Å². The van der Waals surface area contributed by atoms with E-state index in [1.807, 2.05) is 0 Å².